The Morgan fingerprint density at radius 3 is 2.34 bits per heavy atom. The van der Waals surface area contributed by atoms with Crippen molar-refractivity contribution in [3.63, 3.8) is 0 Å². The number of ether oxygens (including phenoxy) is 1. The second-order valence-corrected chi connectivity index (χ2v) is 10.3. The van der Waals surface area contributed by atoms with E-state index in [4.69, 9.17) is 17.0 Å². The van der Waals surface area contributed by atoms with E-state index in [9.17, 15) is 13.2 Å². The predicted molar refractivity (Wildman–Crippen MR) is 131 cm³/mol. The van der Waals surface area contributed by atoms with Crippen LogP contribution in [0.2, 0.25) is 0 Å². The minimum absolute atomic E-state index is 0.116. The van der Waals surface area contributed by atoms with Gasteiger partial charge in [-0.1, -0.05) is 40.2 Å². The summed E-state index contributed by atoms with van der Waals surface area (Å²) in [4.78, 5) is 13.0. The molecule has 1 heterocycles. The predicted octanol–water partition coefficient (Wildman–Crippen LogP) is 3.75. The Hall–Kier alpha value is -2.37. The number of fused-ring (bicyclic) bond motifs is 1. The highest BCUT2D eigenvalue weighted by atomic mass is 79.9. The molecule has 1 fully saturated rings. The van der Waals surface area contributed by atoms with E-state index in [1.54, 1.807) is 18.2 Å². The quantitative estimate of drug-likeness (QED) is 0.496. The number of nitrogens with one attached hydrogen (secondary N) is 2. The van der Waals surface area contributed by atoms with Crippen molar-refractivity contribution in [3.8, 4) is 0 Å². The monoisotopic (exact) mass is 533 g/mol. The summed E-state index contributed by atoms with van der Waals surface area (Å²) in [5.74, 6) is -0.335. The van der Waals surface area contributed by atoms with Crippen LogP contribution >= 0.6 is 28.1 Å². The molecular formula is C22H20BrN3O4S2. The van der Waals surface area contributed by atoms with E-state index in [2.05, 4.69) is 26.6 Å². The molecule has 1 amide bonds. The lowest BCUT2D eigenvalue weighted by Gasteiger charge is -2.26. The number of sulfonamides is 1. The highest BCUT2D eigenvalue weighted by Crippen LogP contribution is 2.26. The van der Waals surface area contributed by atoms with Gasteiger partial charge in [-0.15, -0.1) is 0 Å². The van der Waals surface area contributed by atoms with Gasteiger partial charge >= 0.3 is 0 Å². The molecule has 0 saturated carbocycles. The van der Waals surface area contributed by atoms with Crippen molar-refractivity contribution < 1.29 is 17.9 Å². The smallest absolute Gasteiger partial charge is 0.258 e. The summed E-state index contributed by atoms with van der Waals surface area (Å²) in [6.07, 6.45) is 0. The normalized spacial score (nSPS) is 14.8. The van der Waals surface area contributed by atoms with Gasteiger partial charge in [0.1, 0.15) is 0 Å². The van der Waals surface area contributed by atoms with Crippen LogP contribution in [-0.2, 0) is 14.8 Å². The molecule has 0 atom stereocenters. The Labute approximate surface area is 199 Å². The van der Waals surface area contributed by atoms with Gasteiger partial charge in [0, 0.05) is 28.8 Å². The molecule has 0 bridgehead atoms. The summed E-state index contributed by atoms with van der Waals surface area (Å²) in [7, 11) is -3.57. The van der Waals surface area contributed by atoms with Crippen molar-refractivity contribution in [2.75, 3.05) is 31.6 Å². The molecule has 0 unspecified atom stereocenters. The molecule has 4 rings (SSSR count). The maximum atomic E-state index is 12.8. The van der Waals surface area contributed by atoms with Crippen LogP contribution in [0.5, 0.6) is 0 Å². The van der Waals surface area contributed by atoms with E-state index in [0.717, 1.165) is 15.2 Å². The van der Waals surface area contributed by atoms with Gasteiger partial charge < -0.3 is 10.1 Å². The van der Waals surface area contributed by atoms with Gasteiger partial charge in [-0.25, -0.2) is 8.42 Å². The number of morpholine rings is 1. The molecule has 10 heteroatoms. The Balaban J connectivity index is 1.43. The maximum Gasteiger partial charge on any atom is 0.258 e. The van der Waals surface area contributed by atoms with Crippen LogP contribution in [0.25, 0.3) is 10.8 Å². The molecule has 0 aromatic heterocycles. The van der Waals surface area contributed by atoms with E-state index < -0.39 is 10.0 Å². The second kappa shape index (κ2) is 9.63. The first kappa shape index (κ1) is 22.8. The number of carbonyl (C=O) groups is 1. The number of anilines is 1. The number of carbonyl (C=O) groups excluding carboxylic acids is 1. The van der Waals surface area contributed by atoms with Crippen LogP contribution in [0.1, 0.15) is 10.4 Å². The number of hydrogen-bond acceptors (Lipinski definition) is 5. The van der Waals surface area contributed by atoms with Gasteiger partial charge in [-0.2, -0.15) is 4.31 Å². The highest BCUT2D eigenvalue weighted by Gasteiger charge is 2.26. The van der Waals surface area contributed by atoms with E-state index in [1.165, 1.54) is 16.4 Å². The zero-order valence-corrected chi connectivity index (χ0v) is 20.1. The van der Waals surface area contributed by atoms with Gasteiger partial charge in [0.05, 0.1) is 18.1 Å². The molecule has 7 nitrogen and oxygen atoms in total. The standard InChI is InChI=1S/C22H20BrN3O4S2/c23-20-6-2-3-17-18(20)4-1-5-19(17)21(27)25-22(31)24-15-7-9-16(10-8-15)32(28,29)26-11-13-30-14-12-26/h1-10H,11-14H2,(H2,24,25,27,31). The van der Waals surface area contributed by atoms with Crippen LogP contribution < -0.4 is 10.6 Å². The number of hydrogen-bond donors (Lipinski definition) is 2. The van der Waals surface area contributed by atoms with Crippen LogP contribution in [0.15, 0.2) is 70.0 Å². The Morgan fingerprint density at radius 1 is 0.969 bits per heavy atom. The van der Waals surface area contributed by atoms with Crippen molar-refractivity contribution in [1.82, 2.24) is 9.62 Å². The largest absolute Gasteiger partial charge is 0.379 e. The van der Waals surface area contributed by atoms with E-state index >= 15 is 0 Å². The van der Waals surface area contributed by atoms with Gasteiger partial charge in [-0.05, 0) is 59.4 Å². The Morgan fingerprint density at radius 2 is 1.62 bits per heavy atom. The maximum absolute atomic E-state index is 12.8. The SMILES string of the molecule is O=C(NC(=S)Nc1ccc(S(=O)(=O)N2CCOCC2)cc1)c1cccc2c(Br)cccc12. The van der Waals surface area contributed by atoms with Gasteiger partial charge in [0.15, 0.2) is 5.11 Å². The molecule has 3 aromatic rings. The minimum atomic E-state index is -3.57. The fourth-order valence-electron chi connectivity index (χ4n) is 3.45. The molecule has 2 N–H and O–H groups in total. The lowest BCUT2D eigenvalue weighted by molar-refractivity contribution is 0.0730. The van der Waals surface area contributed by atoms with Gasteiger partial charge in [0.25, 0.3) is 5.91 Å². The highest BCUT2D eigenvalue weighted by molar-refractivity contribution is 9.10. The second-order valence-electron chi connectivity index (χ2n) is 7.09. The van der Waals surface area contributed by atoms with Crippen LogP contribution in [-0.4, -0.2) is 50.0 Å². The molecule has 0 spiro atoms. The third kappa shape index (κ3) is 4.84. The first-order valence-corrected chi connectivity index (χ1v) is 12.5. The number of amides is 1. The van der Waals surface area contributed by atoms with Crippen molar-refractivity contribution in [3.05, 3.63) is 70.7 Å². The van der Waals surface area contributed by atoms with Crippen molar-refractivity contribution >= 4 is 65.7 Å². The minimum Gasteiger partial charge on any atom is -0.379 e. The van der Waals surface area contributed by atoms with Crippen LogP contribution in [0, 0.1) is 0 Å². The molecule has 1 aliphatic heterocycles. The molecule has 32 heavy (non-hydrogen) atoms. The number of benzene rings is 3. The summed E-state index contributed by atoms with van der Waals surface area (Å²) < 4.78 is 33.0. The van der Waals surface area contributed by atoms with E-state index in [-0.39, 0.29) is 15.9 Å². The first-order valence-electron chi connectivity index (χ1n) is 9.84. The van der Waals surface area contributed by atoms with Gasteiger partial charge in [0.2, 0.25) is 10.0 Å². The average molecular weight is 534 g/mol. The third-order valence-corrected chi connectivity index (χ3v) is 7.87. The molecule has 3 aromatic carbocycles. The third-order valence-electron chi connectivity index (χ3n) is 5.06. The van der Waals surface area contributed by atoms with Crippen molar-refractivity contribution in [2.45, 2.75) is 4.90 Å². The van der Waals surface area contributed by atoms with Crippen molar-refractivity contribution in [2.24, 2.45) is 0 Å². The van der Waals surface area contributed by atoms with E-state index in [1.807, 2.05) is 30.3 Å². The fourth-order valence-corrected chi connectivity index (χ4v) is 5.57. The molecule has 166 valence electrons. The average Bonchev–Trinajstić information content (AvgIpc) is 2.80. The number of thiocarbonyl (C=S) groups is 1. The first-order chi connectivity index (χ1) is 15.4. The van der Waals surface area contributed by atoms with Crippen LogP contribution in [0.3, 0.4) is 0 Å². The molecule has 0 aliphatic carbocycles. The fraction of sp³-hybridized carbons (Fsp3) is 0.182. The summed E-state index contributed by atoms with van der Waals surface area (Å²) in [5, 5.41) is 7.45. The topological polar surface area (TPSA) is 87.7 Å². The lowest BCUT2D eigenvalue weighted by atomic mass is 10.0. The zero-order valence-electron chi connectivity index (χ0n) is 16.9. The number of nitrogens with zero attached hydrogens (tertiary/aromatic N) is 1. The van der Waals surface area contributed by atoms with Crippen LogP contribution in [0.4, 0.5) is 5.69 Å². The Kier molecular flexibility index (Phi) is 6.87. The summed E-state index contributed by atoms with van der Waals surface area (Å²) in [6.45, 7) is 1.45. The van der Waals surface area contributed by atoms with Crippen molar-refractivity contribution in [1.29, 1.82) is 0 Å². The summed E-state index contributed by atoms with van der Waals surface area (Å²) in [5.41, 5.74) is 1.07. The molecular weight excluding hydrogens is 514 g/mol. The van der Waals surface area contributed by atoms with Gasteiger partial charge in [-0.3, -0.25) is 10.1 Å². The molecule has 1 saturated heterocycles. The Bertz CT molecular complexity index is 1270. The molecule has 0 radical (unpaired) electrons. The number of rotatable bonds is 4. The lowest BCUT2D eigenvalue weighted by Crippen LogP contribution is -2.40. The number of halogens is 1. The zero-order chi connectivity index (χ0) is 22.7. The summed E-state index contributed by atoms with van der Waals surface area (Å²) >= 11 is 8.78. The molecule has 1 aliphatic rings. The van der Waals surface area contributed by atoms with E-state index in [0.29, 0.717) is 37.6 Å². The summed E-state index contributed by atoms with van der Waals surface area (Å²) in [6, 6.07) is 17.4.